The van der Waals surface area contributed by atoms with E-state index in [1.54, 1.807) is 12.1 Å². The van der Waals surface area contributed by atoms with Crippen LogP contribution < -0.4 is 21.1 Å². The first-order valence-electron chi connectivity index (χ1n) is 13.1. The minimum absolute atomic E-state index is 0.0129. The molecule has 3 unspecified atom stereocenters. The highest BCUT2D eigenvalue weighted by atomic mass is 19.4. The lowest BCUT2D eigenvalue weighted by Crippen LogP contribution is -2.53. The largest absolute Gasteiger partial charge is 0.408 e. The molecule has 4 atom stereocenters. The Hall–Kier alpha value is -2.66. The molecule has 11 heteroatoms. The summed E-state index contributed by atoms with van der Waals surface area (Å²) in [5, 5.41) is 1.96. The summed E-state index contributed by atoms with van der Waals surface area (Å²) in [6.45, 7) is 4.04. The first-order chi connectivity index (χ1) is 17.5. The second-order valence-corrected chi connectivity index (χ2v) is 11.0. The Bertz CT molecular complexity index is 1090. The number of rotatable bonds is 4. The number of nitrogens with zero attached hydrogens (tertiary/aromatic N) is 2. The van der Waals surface area contributed by atoms with Crippen molar-refractivity contribution in [1.82, 2.24) is 21.1 Å². The van der Waals surface area contributed by atoms with E-state index in [1.807, 2.05) is 23.2 Å². The number of alkyl halides is 3. The predicted molar refractivity (Wildman–Crippen MR) is 130 cm³/mol. The van der Waals surface area contributed by atoms with Gasteiger partial charge >= 0.3 is 6.18 Å². The summed E-state index contributed by atoms with van der Waals surface area (Å²) >= 11 is 0. The van der Waals surface area contributed by atoms with Crippen molar-refractivity contribution >= 4 is 23.4 Å². The molecule has 5 rings (SSSR count). The number of amides is 3. The molecule has 8 nitrogen and oxygen atoms in total. The summed E-state index contributed by atoms with van der Waals surface area (Å²) < 4.78 is 38.8. The average molecular weight is 522 g/mol. The van der Waals surface area contributed by atoms with Crippen LogP contribution in [0.15, 0.2) is 18.2 Å². The fraction of sp³-hybridized carbons (Fsp3) is 0.654. The van der Waals surface area contributed by atoms with E-state index in [-0.39, 0.29) is 17.7 Å². The Morgan fingerprint density at radius 1 is 1.22 bits per heavy atom. The van der Waals surface area contributed by atoms with Crippen LogP contribution in [-0.4, -0.2) is 67.1 Å². The molecule has 2 saturated heterocycles. The van der Waals surface area contributed by atoms with Crippen molar-refractivity contribution in [3.05, 3.63) is 29.3 Å². The number of hydrogen-bond acceptors (Lipinski definition) is 5. The van der Waals surface area contributed by atoms with Crippen LogP contribution in [0.25, 0.3) is 0 Å². The van der Waals surface area contributed by atoms with Crippen molar-refractivity contribution in [2.45, 2.75) is 69.6 Å². The van der Waals surface area contributed by atoms with Crippen molar-refractivity contribution in [2.24, 2.45) is 11.8 Å². The zero-order chi connectivity index (χ0) is 26.5. The average Bonchev–Trinajstić information content (AvgIpc) is 3.41. The van der Waals surface area contributed by atoms with Crippen molar-refractivity contribution in [2.75, 3.05) is 31.1 Å². The molecule has 1 saturated carbocycles. The fourth-order valence-corrected chi connectivity index (χ4v) is 6.70. The predicted octanol–water partition coefficient (Wildman–Crippen LogP) is 2.16. The molecule has 1 spiro atoms. The number of likely N-dealkylation sites (tertiary alicyclic amines) is 1. The van der Waals surface area contributed by atoms with E-state index in [0.717, 1.165) is 43.9 Å². The van der Waals surface area contributed by atoms with E-state index in [0.29, 0.717) is 43.6 Å². The van der Waals surface area contributed by atoms with Gasteiger partial charge in [0.2, 0.25) is 17.7 Å². The Balaban J connectivity index is 1.30. The Morgan fingerprint density at radius 2 is 1.95 bits per heavy atom. The molecule has 3 N–H and O–H groups in total. The number of aryl methyl sites for hydroxylation is 1. The summed E-state index contributed by atoms with van der Waals surface area (Å²) in [5.41, 5.74) is 7.88. The molecule has 0 bridgehead atoms. The number of halogens is 3. The number of nitrogens with one attached hydrogen (secondary N) is 3. The molecule has 3 amide bonds. The van der Waals surface area contributed by atoms with Gasteiger partial charge in [-0.3, -0.25) is 25.2 Å². The molecular weight excluding hydrogens is 487 g/mol. The topological polar surface area (TPSA) is 93.8 Å². The zero-order valence-corrected chi connectivity index (χ0v) is 21.2. The lowest BCUT2D eigenvalue weighted by molar-refractivity contribution is -0.157. The Labute approximate surface area is 214 Å². The number of carbonyl (C=O) groups is 3. The molecule has 1 aromatic rings. The fourth-order valence-electron chi connectivity index (χ4n) is 6.70. The highest BCUT2D eigenvalue weighted by Gasteiger charge is 2.54. The van der Waals surface area contributed by atoms with E-state index in [4.69, 9.17) is 0 Å². The van der Waals surface area contributed by atoms with Crippen LogP contribution in [0.5, 0.6) is 0 Å². The van der Waals surface area contributed by atoms with Crippen LogP contribution in [0.3, 0.4) is 0 Å². The molecule has 4 aliphatic rings. The minimum atomic E-state index is -4.57. The maximum atomic E-state index is 13.8. The number of carbonyl (C=O) groups excluding carboxylic acids is 3. The number of hydrogen-bond donors (Lipinski definition) is 3. The SMILES string of the molecule is Cc1cccc2c1C1(CCN(C(=O)C3CCC4NNCC4C3)CC1)C(=O)N2CC(=O)N[C@H](C)C(F)(F)F. The Kier molecular flexibility index (Phi) is 6.72. The number of piperidine rings is 1. The van der Waals surface area contributed by atoms with Gasteiger partial charge < -0.3 is 15.1 Å². The third-order valence-electron chi connectivity index (χ3n) is 8.76. The molecule has 0 radical (unpaired) electrons. The van der Waals surface area contributed by atoms with E-state index >= 15 is 0 Å². The van der Waals surface area contributed by atoms with E-state index in [1.165, 1.54) is 4.90 Å². The highest BCUT2D eigenvalue weighted by Crippen LogP contribution is 2.49. The molecule has 37 heavy (non-hydrogen) atoms. The quantitative estimate of drug-likeness (QED) is 0.565. The molecule has 0 aromatic heterocycles. The van der Waals surface area contributed by atoms with Crippen molar-refractivity contribution in [3.63, 3.8) is 0 Å². The van der Waals surface area contributed by atoms with Crippen LogP contribution in [0.4, 0.5) is 18.9 Å². The molecule has 3 aliphatic heterocycles. The third-order valence-corrected chi connectivity index (χ3v) is 8.76. The van der Waals surface area contributed by atoms with Crippen molar-refractivity contribution < 1.29 is 27.6 Å². The minimum Gasteiger partial charge on any atom is -0.343 e. The maximum Gasteiger partial charge on any atom is 0.408 e. The summed E-state index contributed by atoms with van der Waals surface area (Å²) in [4.78, 5) is 42.9. The van der Waals surface area contributed by atoms with Gasteiger partial charge in [0, 0.05) is 37.3 Å². The van der Waals surface area contributed by atoms with Crippen LogP contribution in [-0.2, 0) is 19.8 Å². The number of fused-ring (bicyclic) bond motifs is 3. The van der Waals surface area contributed by atoms with Crippen LogP contribution in [0, 0.1) is 18.8 Å². The number of benzene rings is 1. The van der Waals surface area contributed by atoms with Crippen molar-refractivity contribution in [1.29, 1.82) is 0 Å². The van der Waals surface area contributed by atoms with Crippen LogP contribution in [0.1, 0.15) is 50.2 Å². The molecule has 1 aromatic carbocycles. The van der Waals surface area contributed by atoms with Gasteiger partial charge in [-0.05, 0) is 69.1 Å². The first-order valence-corrected chi connectivity index (χ1v) is 13.1. The summed E-state index contributed by atoms with van der Waals surface area (Å²) in [5.74, 6) is -0.553. The van der Waals surface area contributed by atoms with Gasteiger partial charge in [-0.25, -0.2) is 0 Å². The van der Waals surface area contributed by atoms with Gasteiger partial charge in [0.25, 0.3) is 0 Å². The second-order valence-electron chi connectivity index (χ2n) is 11.0. The van der Waals surface area contributed by atoms with E-state index in [2.05, 4.69) is 10.9 Å². The highest BCUT2D eigenvalue weighted by molar-refractivity contribution is 6.11. The number of hydrazine groups is 1. The van der Waals surface area contributed by atoms with Crippen LogP contribution >= 0.6 is 0 Å². The third kappa shape index (κ3) is 4.60. The summed E-state index contributed by atoms with van der Waals surface area (Å²) in [6, 6.07) is 3.85. The molecule has 3 heterocycles. The maximum absolute atomic E-state index is 13.8. The van der Waals surface area contributed by atoms with Gasteiger partial charge in [-0.15, -0.1) is 0 Å². The number of anilines is 1. The second kappa shape index (κ2) is 9.58. The lowest BCUT2D eigenvalue weighted by Gasteiger charge is -2.41. The van der Waals surface area contributed by atoms with E-state index < -0.39 is 30.1 Å². The summed E-state index contributed by atoms with van der Waals surface area (Å²) in [7, 11) is 0. The standard InChI is InChI=1S/C26H34F3N5O3/c1-15-4-3-5-20-22(15)25(24(37)34(20)14-21(35)31-16(2)26(27,28)29)8-10-33(11-9-25)23(36)17-6-7-19-18(12-17)13-30-32-19/h3-5,16-19,30,32H,6-14H2,1-2H3,(H,31,35)/t16-,17?,18?,19?/m1/s1. The molecule has 202 valence electrons. The van der Waals surface area contributed by atoms with Crippen LogP contribution in [0.2, 0.25) is 0 Å². The monoisotopic (exact) mass is 521 g/mol. The lowest BCUT2D eigenvalue weighted by atomic mass is 9.71. The molecule has 3 fully saturated rings. The van der Waals surface area contributed by atoms with Gasteiger partial charge in [-0.2, -0.15) is 13.2 Å². The zero-order valence-electron chi connectivity index (χ0n) is 21.2. The normalized spacial score (nSPS) is 27.7. The van der Waals surface area contributed by atoms with Gasteiger partial charge in [0.05, 0.1) is 5.41 Å². The van der Waals surface area contributed by atoms with Gasteiger partial charge in [0.1, 0.15) is 12.6 Å². The smallest absolute Gasteiger partial charge is 0.343 e. The first kappa shape index (κ1) is 26.0. The molecular formula is C26H34F3N5O3. The van der Waals surface area contributed by atoms with Crippen molar-refractivity contribution in [3.8, 4) is 0 Å². The molecule has 1 aliphatic carbocycles. The summed E-state index contributed by atoms with van der Waals surface area (Å²) in [6.07, 6.45) is -1.06. The van der Waals surface area contributed by atoms with Gasteiger partial charge in [0.15, 0.2) is 0 Å². The van der Waals surface area contributed by atoms with E-state index in [9.17, 15) is 27.6 Å². The van der Waals surface area contributed by atoms with Gasteiger partial charge in [-0.1, -0.05) is 12.1 Å². The Morgan fingerprint density at radius 3 is 2.65 bits per heavy atom.